The molecule has 2 heterocycles. The molecule has 0 aliphatic heterocycles. The number of hydrogen-bond acceptors (Lipinski definition) is 4. The van der Waals surface area contributed by atoms with Gasteiger partial charge in [0, 0.05) is 29.6 Å². The van der Waals surface area contributed by atoms with E-state index in [1.165, 1.54) is 17.0 Å². The molecule has 4 nitrogen and oxygen atoms in total. The minimum absolute atomic E-state index is 0.0236. The zero-order valence-electron chi connectivity index (χ0n) is 15.4. The van der Waals surface area contributed by atoms with Crippen LogP contribution < -0.4 is 4.90 Å². The number of carbonyl (C=O) groups excluding carboxylic acids is 1. The number of thiazole rings is 1. The average molecular weight is 442 g/mol. The van der Waals surface area contributed by atoms with Gasteiger partial charge < -0.3 is 0 Å². The minimum Gasteiger partial charge on any atom is -0.280 e. The van der Waals surface area contributed by atoms with Gasteiger partial charge in [0.05, 0.1) is 11.2 Å². The van der Waals surface area contributed by atoms with Crippen LogP contribution in [0.2, 0.25) is 5.02 Å². The van der Waals surface area contributed by atoms with Crippen LogP contribution in [0.3, 0.4) is 0 Å². The maximum absolute atomic E-state index is 14.1. The van der Waals surface area contributed by atoms with Crippen molar-refractivity contribution in [3.05, 3.63) is 94.8 Å². The molecule has 0 bridgehead atoms. The quantitative estimate of drug-likeness (QED) is 0.364. The fourth-order valence-electron chi connectivity index (χ4n) is 2.84. The Morgan fingerprint density at radius 1 is 1.17 bits per heavy atom. The molecule has 8 heteroatoms. The van der Waals surface area contributed by atoms with Gasteiger partial charge in [-0.2, -0.15) is 0 Å². The smallest absolute Gasteiger partial charge is 0.253 e. The number of pyridine rings is 1. The molecule has 4 aromatic rings. The number of halogens is 3. The van der Waals surface area contributed by atoms with Crippen LogP contribution in [0.15, 0.2) is 67.0 Å². The summed E-state index contributed by atoms with van der Waals surface area (Å²) in [5, 5.41) is 0.769. The van der Waals surface area contributed by atoms with Gasteiger partial charge in [-0.05, 0) is 35.4 Å². The monoisotopic (exact) mass is 441 g/mol. The van der Waals surface area contributed by atoms with Crippen LogP contribution >= 0.6 is 22.9 Å². The molecule has 0 atom stereocenters. The fraction of sp³-hybridized carbons (Fsp3) is 0.0455. The van der Waals surface area contributed by atoms with Crippen molar-refractivity contribution in [2.24, 2.45) is 0 Å². The highest BCUT2D eigenvalue weighted by molar-refractivity contribution is 7.22. The van der Waals surface area contributed by atoms with Crippen LogP contribution in [0.25, 0.3) is 16.3 Å². The first-order valence-corrected chi connectivity index (χ1v) is 10.1. The summed E-state index contributed by atoms with van der Waals surface area (Å²) >= 11 is 7.19. The zero-order valence-corrected chi connectivity index (χ0v) is 17.0. The second kappa shape index (κ2) is 8.69. The third-order valence-corrected chi connectivity index (χ3v) is 5.64. The average Bonchev–Trinajstić information content (AvgIpc) is 3.16. The van der Waals surface area contributed by atoms with Crippen molar-refractivity contribution in [1.82, 2.24) is 9.97 Å². The molecule has 2 aromatic carbocycles. The van der Waals surface area contributed by atoms with E-state index in [2.05, 4.69) is 9.97 Å². The number of carbonyl (C=O) groups is 1. The van der Waals surface area contributed by atoms with Gasteiger partial charge in [-0.25, -0.2) is 13.8 Å². The van der Waals surface area contributed by atoms with Gasteiger partial charge in [-0.15, -0.1) is 0 Å². The first kappa shape index (κ1) is 20.1. The Morgan fingerprint density at radius 3 is 2.77 bits per heavy atom. The lowest BCUT2D eigenvalue weighted by Gasteiger charge is -2.18. The van der Waals surface area contributed by atoms with Crippen LogP contribution in [0.4, 0.5) is 13.9 Å². The Morgan fingerprint density at radius 2 is 2.00 bits per heavy atom. The van der Waals surface area contributed by atoms with Crippen molar-refractivity contribution < 1.29 is 13.6 Å². The van der Waals surface area contributed by atoms with Crippen molar-refractivity contribution in [3.63, 3.8) is 0 Å². The molecule has 4 rings (SSSR count). The summed E-state index contributed by atoms with van der Waals surface area (Å²) in [6, 6.07) is 12.7. The number of fused-ring (bicyclic) bond motifs is 1. The van der Waals surface area contributed by atoms with Gasteiger partial charge in [0.2, 0.25) is 0 Å². The minimum atomic E-state index is -0.770. The first-order chi connectivity index (χ1) is 14.5. The number of amides is 1. The second-order valence-electron chi connectivity index (χ2n) is 6.37. The molecular weight excluding hydrogens is 428 g/mol. The molecule has 2 aromatic heterocycles. The largest absolute Gasteiger partial charge is 0.280 e. The molecule has 0 saturated carbocycles. The Hall–Kier alpha value is -3.16. The van der Waals surface area contributed by atoms with Crippen LogP contribution in [-0.2, 0) is 11.3 Å². The van der Waals surface area contributed by atoms with E-state index in [0.29, 0.717) is 15.3 Å². The Balaban J connectivity index is 1.72. The van der Waals surface area contributed by atoms with Crippen molar-refractivity contribution in [2.75, 3.05) is 4.90 Å². The van der Waals surface area contributed by atoms with Gasteiger partial charge in [0.1, 0.15) is 11.3 Å². The third kappa shape index (κ3) is 4.37. The summed E-state index contributed by atoms with van der Waals surface area (Å²) in [6.07, 6.45) is 6.24. The molecule has 0 fully saturated rings. The number of anilines is 1. The lowest BCUT2D eigenvalue weighted by molar-refractivity contribution is -0.114. The normalized spacial score (nSPS) is 11.3. The number of rotatable bonds is 5. The van der Waals surface area contributed by atoms with E-state index in [1.54, 1.807) is 42.7 Å². The number of aromatic nitrogens is 2. The van der Waals surface area contributed by atoms with Crippen molar-refractivity contribution in [3.8, 4) is 0 Å². The van der Waals surface area contributed by atoms with Crippen molar-refractivity contribution >= 4 is 50.3 Å². The second-order valence-corrected chi connectivity index (χ2v) is 7.79. The molecule has 0 aliphatic carbocycles. The Labute approximate surface area is 180 Å². The van der Waals surface area contributed by atoms with E-state index in [4.69, 9.17) is 11.6 Å². The molecule has 0 radical (unpaired) electrons. The molecular formula is C22H14ClF2N3OS. The van der Waals surface area contributed by atoms with E-state index in [-0.39, 0.29) is 23.1 Å². The Kier molecular flexibility index (Phi) is 5.83. The molecule has 1 amide bonds. The highest BCUT2D eigenvalue weighted by Crippen LogP contribution is 2.32. The summed E-state index contributed by atoms with van der Waals surface area (Å²) in [7, 11) is 0. The van der Waals surface area contributed by atoms with E-state index in [1.807, 2.05) is 12.1 Å². The van der Waals surface area contributed by atoms with Crippen molar-refractivity contribution in [2.45, 2.75) is 6.54 Å². The maximum Gasteiger partial charge on any atom is 0.253 e. The molecule has 0 N–H and O–H groups in total. The standard InChI is InChI=1S/C22H14ClF2N3OS/c23-17-6-2-1-5-15(17)7-8-20(29)28(13-14-4-3-9-26-12-14)22-27-21-18(25)10-16(24)11-19(21)30-22/h1-12H,13H2/b8-7+. The van der Waals surface area contributed by atoms with Gasteiger partial charge in [0.15, 0.2) is 10.9 Å². The van der Waals surface area contributed by atoms with Crippen LogP contribution in [0.1, 0.15) is 11.1 Å². The third-order valence-electron chi connectivity index (χ3n) is 4.27. The van der Waals surface area contributed by atoms with Crippen LogP contribution in [0.5, 0.6) is 0 Å². The maximum atomic E-state index is 14.1. The SMILES string of the molecule is O=C(/C=C/c1ccccc1Cl)N(Cc1cccnc1)c1nc2c(F)cc(F)cc2s1. The van der Waals surface area contributed by atoms with E-state index in [0.717, 1.165) is 23.0 Å². The summed E-state index contributed by atoms with van der Waals surface area (Å²) in [4.78, 5) is 22.7. The predicted octanol–water partition coefficient (Wildman–Crippen LogP) is 5.87. The predicted molar refractivity (Wildman–Crippen MR) is 115 cm³/mol. The highest BCUT2D eigenvalue weighted by atomic mass is 35.5. The molecule has 150 valence electrons. The van der Waals surface area contributed by atoms with E-state index >= 15 is 0 Å². The zero-order chi connectivity index (χ0) is 21.1. The van der Waals surface area contributed by atoms with Gasteiger partial charge >= 0.3 is 0 Å². The topological polar surface area (TPSA) is 46.1 Å². The number of hydrogen-bond donors (Lipinski definition) is 0. The van der Waals surface area contributed by atoms with Crippen molar-refractivity contribution in [1.29, 1.82) is 0 Å². The molecule has 0 spiro atoms. The molecule has 0 saturated heterocycles. The fourth-order valence-corrected chi connectivity index (χ4v) is 4.04. The summed E-state index contributed by atoms with van der Waals surface area (Å²) in [5.74, 6) is -1.84. The van der Waals surface area contributed by atoms with Gasteiger partial charge in [-0.3, -0.25) is 14.7 Å². The Bertz CT molecular complexity index is 1240. The lowest BCUT2D eigenvalue weighted by Crippen LogP contribution is -2.28. The lowest BCUT2D eigenvalue weighted by atomic mass is 10.2. The van der Waals surface area contributed by atoms with Crippen LogP contribution in [0, 0.1) is 11.6 Å². The summed E-state index contributed by atoms with van der Waals surface area (Å²) in [6.45, 7) is 0.170. The van der Waals surface area contributed by atoms with E-state index < -0.39 is 11.6 Å². The summed E-state index contributed by atoms with van der Waals surface area (Å²) in [5.41, 5.74) is 1.48. The molecule has 0 aliphatic rings. The summed E-state index contributed by atoms with van der Waals surface area (Å²) < 4.78 is 28.0. The number of benzene rings is 2. The van der Waals surface area contributed by atoms with Gasteiger partial charge in [0.25, 0.3) is 5.91 Å². The number of nitrogens with zero attached hydrogens (tertiary/aromatic N) is 3. The van der Waals surface area contributed by atoms with Gasteiger partial charge in [-0.1, -0.05) is 47.2 Å². The van der Waals surface area contributed by atoms with Crippen LogP contribution in [-0.4, -0.2) is 15.9 Å². The van der Waals surface area contributed by atoms with E-state index in [9.17, 15) is 13.6 Å². The first-order valence-electron chi connectivity index (χ1n) is 8.90. The highest BCUT2D eigenvalue weighted by Gasteiger charge is 2.20. The molecule has 0 unspecified atom stereocenters. The molecule has 30 heavy (non-hydrogen) atoms.